The lowest BCUT2D eigenvalue weighted by Gasteiger charge is -2.11. The lowest BCUT2D eigenvalue weighted by Crippen LogP contribution is -2.28. The maximum atomic E-state index is 10.6. The zero-order chi connectivity index (χ0) is 12.6. The lowest BCUT2D eigenvalue weighted by molar-refractivity contribution is 0.389. The summed E-state index contributed by atoms with van der Waals surface area (Å²) in [6.45, 7) is 0.281. The van der Waals surface area contributed by atoms with Gasteiger partial charge in [0.25, 0.3) is 0 Å². The van der Waals surface area contributed by atoms with Crippen molar-refractivity contribution >= 4 is 10.3 Å². The highest BCUT2D eigenvalue weighted by Crippen LogP contribution is 2.02. The molecule has 1 N–H and O–H groups in total. The van der Waals surface area contributed by atoms with Crippen LogP contribution < -0.4 is 0 Å². The summed E-state index contributed by atoms with van der Waals surface area (Å²) >= 11 is 0. The number of rotatable bonds is 4. The van der Waals surface area contributed by atoms with Crippen molar-refractivity contribution in [3.63, 3.8) is 0 Å². The number of halogens is 1. The van der Waals surface area contributed by atoms with Crippen molar-refractivity contribution in [3.05, 3.63) is 35.9 Å². The predicted octanol–water partition coefficient (Wildman–Crippen LogP) is 1.55. The fourth-order valence-corrected chi connectivity index (χ4v) is 1.37. The van der Waals surface area contributed by atoms with Crippen LogP contribution in [0.3, 0.4) is 0 Å². The average Bonchev–Trinajstić information content (AvgIpc) is 2.28. The van der Waals surface area contributed by atoms with E-state index in [1.807, 2.05) is 30.3 Å². The van der Waals surface area contributed by atoms with Crippen molar-refractivity contribution in [1.29, 1.82) is 0 Å². The maximum Gasteiger partial charge on any atom is 0.335 e. The second-order valence-corrected chi connectivity index (χ2v) is 4.55. The van der Waals surface area contributed by atoms with Gasteiger partial charge in [-0.05, 0) is 12.0 Å². The highest BCUT2D eigenvalue weighted by molar-refractivity contribution is 7.83. The topological polar surface area (TPSA) is 57.6 Å². The Labute approximate surface area is 95.6 Å². The van der Waals surface area contributed by atoms with E-state index in [1.165, 1.54) is 7.05 Å². The second kappa shape index (κ2) is 7.32. The Morgan fingerprint density at radius 3 is 2.19 bits per heavy atom. The average molecular weight is 249 g/mol. The zero-order valence-corrected chi connectivity index (χ0v) is 10.1. The van der Waals surface area contributed by atoms with E-state index in [1.54, 1.807) is 0 Å². The van der Waals surface area contributed by atoms with Crippen molar-refractivity contribution in [3.8, 4) is 0 Å². The molecule has 0 amide bonds. The number of likely N-dealkylation sites (N-methyl/N-ethyl adjacent to an activating group) is 1. The van der Waals surface area contributed by atoms with E-state index in [0.717, 1.165) is 9.87 Å². The van der Waals surface area contributed by atoms with Crippen LogP contribution in [0.2, 0.25) is 0 Å². The first-order valence-electron chi connectivity index (χ1n) is 4.60. The van der Waals surface area contributed by atoms with Gasteiger partial charge in [0.1, 0.15) is 0 Å². The van der Waals surface area contributed by atoms with Crippen molar-refractivity contribution in [2.45, 2.75) is 6.42 Å². The molecule has 0 saturated heterocycles. The van der Waals surface area contributed by atoms with Crippen molar-refractivity contribution in [1.82, 2.24) is 4.31 Å². The van der Waals surface area contributed by atoms with Crippen molar-refractivity contribution in [2.24, 2.45) is 0 Å². The second-order valence-electron chi connectivity index (χ2n) is 3.03. The summed E-state index contributed by atoms with van der Waals surface area (Å²) in [6, 6.07) is 9.51. The predicted molar refractivity (Wildman–Crippen MR) is 61.4 cm³/mol. The Bertz CT molecular complexity index is 380. The van der Waals surface area contributed by atoms with Crippen molar-refractivity contribution < 1.29 is 17.4 Å². The summed E-state index contributed by atoms with van der Waals surface area (Å²) in [5.41, 5.74) is 1.04. The molecule has 0 unspecified atom stereocenters. The van der Waals surface area contributed by atoms with E-state index >= 15 is 0 Å². The molecule has 0 atom stereocenters. The molecule has 0 radical (unpaired) electrons. The van der Waals surface area contributed by atoms with Gasteiger partial charge in [-0.2, -0.15) is 12.7 Å². The number of benzene rings is 1. The molecule has 0 spiro atoms. The molecule has 1 aromatic rings. The fourth-order valence-electron chi connectivity index (χ4n) is 1.05. The molecule has 0 aliphatic carbocycles. The van der Waals surface area contributed by atoms with Gasteiger partial charge in [-0.1, -0.05) is 30.3 Å². The number of nitrogens with zero attached hydrogens (tertiary/aromatic N) is 1. The molecule has 0 bridgehead atoms. The summed E-state index contributed by atoms with van der Waals surface area (Å²) in [5, 5.41) is 0. The quantitative estimate of drug-likeness (QED) is 0.824. The van der Waals surface area contributed by atoms with Crippen molar-refractivity contribution in [2.75, 3.05) is 20.8 Å². The first-order chi connectivity index (χ1) is 7.50. The van der Waals surface area contributed by atoms with Crippen LogP contribution in [0, 0.1) is 0 Å². The number of alkyl halides is 1. The van der Waals surface area contributed by atoms with Gasteiger partial charge < -0.3 is 0 Å². The van der Waals surface area contributed by atoms with Gasteiger partial charge in [0.2, 0.25) is 0 Å². The first kappa shape index (κ1) is 15.0. The van der Waals surface area contributed by atoms with Gasteiger partial charge in [-0.15, -0.1) is 0 Å². The maximum absolute atomic E-state index is 10.6. The van der Waals surface area contributed by atoms with E-state index in [9.17, 15) is 12.8 Å². The third kappa shape index (κ3) is 5.79. The molecule has 92 valence electrons. The molecule has 4 nitrogen and oxygen atoms in total. The summed E-state index contributed by atoms with van der Waals surface area (Å²) in [5.74, 6) is 0. The standard InChI is InChI=1S/C9H13NO3S.CH3F/c1-10(14(11,12)13)8-7-9-5-3-2-4-6-9;1-2/h2-6H,7-8H2,1H3,(H,11,12,13);1H3. The largest absolute Gasteiger partial charge is 0.335 e. The Morgan fingerprint density at radius 2 is 1.75 bits per heavy atom. The molecular weight excluding hydrogens is 233 g/mol. The van der Waals surface area contributed by atoms with E-state index in [2.05, 4.69) is 0 Å². The Kier molecular flexibility index (Phi) is 6.87. The highest BCUT2D eigenvalue weighted by Gasteiger charge is 2.12. The van der Waals surface area contributed by atoms with Crippen LogP contribution in [0.4, 0.5) is 4.39 Å². The summed E-state index contributed by atoms with van der Waals surface area (Å²) < 4.78 is 40.3. The van der Waals surface area contributed by atoms with E-state index in [4.69, 9.17) is 4.55 Å². The van der Waals surface area contributed by atoms with Gasteiger partial charge in [-0.25, -0.2) is 0 Å². The molecule has 16 heavy (non-hydrogen) atoms. The van der Waals surface area contributed by atoms with E-state index in [-0.39, 0.29) is 6.54 Å². The molecule has 0 saturated carbocycles. The molecule has 1 rings (SSSR count). The third-order valence-electron chi connectivity index (χ3n) is 1.95. The smallest absolute Gasteiger partial charge is 0.273 e. The Morgan fingerprint density at radius 1 is 1.25 bits per heavy atom. The lowest BCUT2D eigenvalue weighted by atomic mass is 10.2. The van der Waals surface area contributed by atoms with Gasteiger partial charge in [-0.3, -0.25) is 8.94 Å². The van der Waals surface area contributed by atoms with Gasteiger partial charge in [0, 0.05) is 13.6 Å². The summed E-state index contributed by atoms with van der Waals surface area (Å²) in [4.78, 5) is 0. The molecular formula is C10H16FNO3S. The number of hydrogen-bond donors (Lipinski definition) is 1. The summed E-state index contributed by atoms with van der Waals surface area (Å²) in [7, 11) is -2.19. The SMILES string of the molecule is CF.CN(CCc1ccccc1)S(=O)(=O)O. The van der Waals surface area contributed by atoms with E-state index < -0.39 is 10.3 Å². The Balaban J connectivity index is 0.00000106. The first-order valence-corrected chi connectivity index (χ1v) is 6.00. The highest BCUT2D eigenvalue weighted by atomic mass is 32.2. The van der Waals surface area contributed by atoms with Gasteiger partial charge in [0.15, 0.2) is 0 Å². The molecule has 1 aromatic carbocycles. The van der Waals surface area contributed by atoms with Crippen LogP contribution in [-0.4, -0.2) is 38.0 Å². The van der Waals surface area contributed by atoms with Crippen LogP contribution in [0.5, 0.6) is 0 Å². The minimum absolute atomic E-state index is 0.281. The minimum Gasteiger partial charge on any atom is -0.273 e. The minimum atomic E-state index is -4.04. The van der Waals surface area contributed by atoms with Crippen LogP contribution in [-0.2, 0) is 16.7 Å². The molecule has 0 heterocycles. The van der Waals surface area contributed by atoms with Gasteiger partial charge in [0.05, 0.1) is 7.18 Å². The van der Waals surface area contributed by atoms with E-state index in [0.29, 0.717) is 13.6 Å². The van der Waals surface area contributed by atoms with Crippen LogP contribution >= 0.6 is 0 Å². The normalized spacial score (nSPS) is 10.8. The van der Waals surface area contributed by atoms with Crippen LogP contribution in [0.15, 0.2) is 30.3 Å². The number of hydrogen-bond acceptors (Lipinski definition) is 2. The van der Waals surface area contributed by atoms with Gasteiger partial charge >= 0.3 is 10.3 Å². The monoisotopic (exact) mass is 249 g/mol. The molecule has 6 heteroatoms. The third-order valence-corrected chi connectivity index (χ3v) is 2.92. The van der Waals surface area contributed by atoms with Crippen LogP contribution in [0.25, 0.3) is 0 Å². The zero-order valence-electron chi connectivity index (χ0n) is 9.30. The summed E-state index contributed by atoms with van der Waals surface area (Å²) in [6.07, 6.45) is 0.594. The van der Waals surface area contributed by atoms with Crippen LogP contribution in [0.1, 0.15) is 5.56 Å². The molecule has 0 aromatic heterocycles. The molecule has 0 fully saturated rings. The molecule has 0 aliphatic heterocycles. The fraction of sp³-hybridized carbons (Fsp3) is 0.400. The Hall–Kier alpha value is -0.980. The molecule has 0 aliphatic rings.